The van der Waals surface area contributed by atoms with E-state index in [9.17, 15) is 9.90 Å². The van der Waals surface area contributed by atoms with Gasteiger partial charge in [0.05, 0.1) is 11.2 Å². The van der Waals surface area contributed by atoms with Gasteiger partial charge in [-0.1, -0.05) is 18.2 Å². The van der Waals surface area contributed by atoms with Crippen LogP contribution < -0.4 is 14.9 Å². The number of amides is 1. The van der Waals surface area contributed by atoms with Crippen LogP contribution in [-0.4, -0.2) is 57.6 Å². The lowest BCUT2D eigenvalue weighted by Gasteiger charge is -2.36. The Labute approximate surface area is 205 Å². The zero-order chi connectivity index (χ0) is 24.5. The van der Waals surface area contributed by atoms with Crippen molar-refractivity contribution in [3.63, 3.8) is 0 Å². The molecule has 9 heteroatoms. The van der Waals surface area contributed by atoms with Crippen LogP contribution in [0.1, 0.15) is 58.9 Å². The third-order valence-corrected chi connectivity index (χ3v) is 8.34. The van der Waals surface area contributed by atoms with Gasteiger partial charge in [0.1, 0.15) is 12.7 Å². The Morgan fingerprint density at radius 1 is 1.06 bits per heavy atom. The van der Waals surface area contributed by atoms with E-state index in [0.29, 0.717) is 31.2 Å². The van der Waals surface area contributed by atoms with Gasteiger partial charge in [0.15, 0.2) is 0 Å². The molecule has 0 radical (unpaired) electrons. The van der Waals surface area contributed by atoms with Crippen molar-refractivity contribution >= 4 is 18.7 Å². The number of fused-ring (bicyclic) bond motifs is 5. The Hall–Kier alpha value is -2.78. The maximum atomic E-state index is 11.5. The molecule has 1 aromatic heterocycles. The van der Waals surface area contributed by atoms with E-state index < -0.39 is 13.2 Å². The SMILES string of the molecule is CC1(C)OB(c2ccc3c(c2)COc2nc(O[C@@H]4C[C@H]5CC[C@@H](C4)N5C(=O)O)ccc2-3)OC1(C)C. The second-order valence-corrected chi connectivity index (χ2v) is 11.1. The van der Waals surface area contributed by atoms with Gasteiger partial charge >= 0.3 is 13.2 Å². The minimum absolute atomic E-state index is 0.0352. The summed E-state index contributed by atoms with van der Waals surface area (Å²) in [4.78, 5) is 17.8. The Morgan fingerprint density at radius 2 is 1.71 bits per heavy atom. The first-order valence-electron chi connectivity index (χ1n) is 12.4. The topological polar surface area (TPSA) is 90.4 Å². The molecule has 35 heavy (non-hydrogen) atoms. The van der Waals surface area contributed by atoms with Crippen molar-refractivity contribution in [2.45, 2.75) is 89.4 Å². The van der Waals surface area contributed by atoms with Gasteiger partial charge in [-0.05, 0) is 63.2 Å². The first-order valence-corrected chi connectivity index (χ1v) is 12.4. The van der Waals surface area contributed by atoms with Crippen molar-refractivity contribution in [3.05, 3.63) is 35.9 Å². The standard InChI is InChI=1S/C26H31BN2O6/c1-25(2)26(3,4)35-27(34-25)16-5-8-20-15(11-16)14-32-23-21(20)9-10-22(28-23)33-19-12-17-6-7-18(13-19)29(17)24(30)31/h5,8-11,17-19H,6-7,12-14H2,1-4H3,(H,30,31)/t17-,18+,19-. The summed E-state index contributed by atoms with van der Waals surface area (Å²) >= 11 is 0. The van der Waals surface area contributed by atoms with Crippen LogP contribution in [0, 0.1) is 0 Å². The molecule has 1 aromatic carbocycles. The van der Waals surface area contributed by atoms with Crippen molar-refractivity contribution in [2.75, 3.05) is 0 Å². The number of hydrogen-bond acceptors (Lipinski definition) is 6. The Balaban J connectivity index is 1.19. The average Bonchev–Trinajstić information content (AvgIpc) is 3.21. The van der Waals surface area contributed by atoms with E-state index in [1.807, 2.05) is 18.2 Å². The van der Waals surface area contributed by atoms with Gasteiger partial charge < -0.3 is 28.8 Å². The maximum Gasteiger partial charge on any atom is 0.494 e. The molecule has 3 fully saturated rings. The van der Waals surface area contributed by atoms with Crippen molar-refractivity contribution in [1.82, 2.24) is 9.88 Å². The van der Waals surface area contributed by atoms with Gasteiger partial charge in [-0.3, -0.25) is 0 Å². The highest BCUT2D eigenvalue weighted by atomic mass is 16.7. The van der Waals surface area contributed by atoms with E-state index in [4.69, 9.17) is 18.8 Å². The van der Waals surface area contributed by atoms with E-state index in [2.05, 4.69) is 44.8 Å². The molecule has 4 aliphatic heterocycles. The van der Waals surface area contributed by atoms with Crippen molar-refractivity contribution in [1.29, 1.82) is 0 Å². The molecule has 4 aliphatic rings. The molecule has 6 rings (SSSR count). The molecule has 1 amide bonds. The summed E-state index contributed by atoms with van der Waals surface area (Å²) in [6.45, 7) is 8.62. The highest BCUT2D eigenvalue weighted by Crippen LogP contribution is 2.41. The lowest BCUT2D eigenvalue weighted by Crippen LogP contribution is -2.48. The second-order valence-electron chi connectivity index (χ2n) is 11.1. The molecule has 0 spiro atoms. The monoisotopic (exact) mass is 478 g/mol. The summed E-state index contributed by atoms with van der Waals surface area (Å²) in [6.07, 6.45) is 2.35. The second kappa shape index (κ2) is 7.86. The van der Waals surface area contributed by atoms with E-state index in [1.165, 1.54) is 0 Å². The minimum atomic E-state index is -0.823. The maximum absolute atomic E-state index is 11.5. The zero-order valence-electron chi connectivity index (χ0n) is 20.6. The lowest BCUT2D eigenvalue weighted by molar-refractivity contribution is 0.00578. The Kier molecular flexibility index (Phi) is 5.09. The summed E-state index contributed by atoms with van der Waals surface area (Å²) in [5.41, 5.74) is 3.28. The molecule has 0 unspecified atom stereocenters. The van der Waals surface area contributed by atoms with Gasteiger partial charge in [-0.15, -0.1) is 0 Å². The Bertz CT molecular complexity index is 1150. The van der Waals surface area contributed by atoms with Gasteiger partial charge in [0.2, 0.25) is 11.8 Å². The largest absolute Gasteiger partial charge is 0.494 e. The third-order valence-electron chi connectivity index (χ3n) is 8.34. The fraction of sp³-hybridized carbons (Fsp3) is 0.538. The molecular weight excluding hydrogens is 447 g/mol. The number of aromatic nitrogens is 1. The normalized spacial score (nSPS) is 27.7. The van der Waals surface area contributed by atoms with Crippen molar-refractivity contribution in [2.24, 2.45) is 0 Å². The lowest BCUT2D eigenvalue weighted by atomic mass is 9.77. The number of carbonyl (C=O) groups is 1. The molecule has 1 N–H and O–H groups in total. The third kappa shape index (κ3) is 3.76. The summed E-state index contributed by atoms with van der Waals surface area (Å²) in [6, 6.07) is 10.2. The highest BCUT2D eigenvalue weighted by Gasteiger charge is 2.52. The fourth-order valence-corrected chi connectivity index (χ4v) is 5.78. The van der Waals surface area contributed by atoms with Crippen LogP contribution in [0.3, 0.4) is 0 Å². The van der Waals surface area contributed by atoms with Crippen LogP contribution in [0.2, 0.25) is 0 Å². The van der Waals surface area contributed by atoms with E-state index in [1.54, 1.807) is 4.90 Å². The number of ether oxygens (including phenoxy) is 2. The average molecular weight is 478 g/mol. The van der Waals surface area contributed by atoms with Crippen LogP contribution in [0.15, 0.2) is 30.3 Å². The molecule has 184 valence electrons. The highest BCUT2D eigenvalue weighted by molar-refractivity contribution is 6.62. The summed E-state index contributed by atoms with van der Waals surface area (Å²) in [5.74, 6) is 1.08. The zero-order valence-corrected chi connectivity index (χ0v) is 20.6. The molecule has 2 bridgehead atoms. The summed E-state index contributed by atoms with van der Waals surface area (Å²) in [5, 5.41) is 9.47. The predicted octanol–water partition coefficient (Wildman–Crippen LogP) is 3.99. The molecule has 0 saturated carbocycles. The van der Waals surface area contributed by atoms with E-state index >= 15 is 0 Å². The van der Waals surface area contributed by atoms with E-state index in [0.717, 1.165) is 35.0 Å². The quantitative estimate of drug-likeness (QED) is 0.668. The molecule has 0 aliphatic carbocycles. The minimum Gasteiger partial charge on any atom is -0.474 e. The number of nitrogens with zero attached hydrogens (tertiary/aromatic N) is 2. The van der Waals surface area contributed by atoms with Crippen LogP contribution in [0.4, 0.5) is 4.79 Å². The van der Waals surface area contributed by atoms with Crippen molar-refractivity contribution in [3.8, 4) is 22.9 Å². The van der Waals surface area contributed by atoms with Crippen LogP contribution in [0.5, 0.6) is 11.8 Å². The molecule has 2 aromatic rings. The molecular formula is C26H31BN2O6. The van der Waals surface area contributed by atoms with Crippen molar-refractivity contribution < 1.29 is 28.7 Å². The number of hydrogen-bond donors (Lipinski definition) is 1. The van der Waals surface area contributed by atoms with Crippen LogP contribution >= 0.6 is 0 Å². The number of pyridine rings is 1. The smallest absolute Gasteiger partial charge is 0.474 e. The number of rotatable bonds is 3. The van der Waals surface area contributed by atoms with Gasteiger partial charge in [-0.2, -0.15) is 4.98 Å². The number of benzene rings is 1. The van der Waals surface area contributed by atoms with E-state index in [-0.39, 0.29) is 29.4 Å². The Morgan fingerprint density at radius 3 is 2.37 bits per heavy atom. The fourth-order valence-electron chi connectivity index (χ4n) is 5.78. The summed E-state index contributed by atoms with van der Waals surface area (Å²) in [7, 11) is -0.413. The molecule has 3 atom stereocenters. The number of piperidine rings is 1. The summed E-state index contributed by atoms with van der Waals surface area (Å²) < 4.78 is 24.6. The van der Waals surface area contributed by atoms with Crippen LogP contribution in [0.25, 0.3) is 11.1 Å². The first-order chi connectivity index (χ1) is 16.6. The first kappa shape index (κ1) is 22.7. The predicted molar refractivity (Wildman–Crippen MR) is 130 cm³/mol. The molecule has 8 nitrogen and oxygen atoms in total. The molecule has 3 saturated heterocycles. The number of carboxylic acid groups (broad SMARTS) is 1. The van der Waals surface area contributed by atoms with Gasteiger partial charge in [0.25, 0.3) is 0 Å². The van der Waals surface area contributed by atoms with Crippen LogP contribution in [-0.2, 0) is 15.9 Å². The van der Waals surface area contributed by atoms with Gasteiger partial charge in [0, 0.05) is 36.6 Å². The molecule has 5 heterocycles. The van der Waals surface area contributed by atoms with Gasteiger partial charge in [-0.25, -0.2) is 4.79 Å².